The maximum absolute atomic E-state index is 11.0. The van der Waals surface area contributed by atoms with Crippen molar-refractivity contribution in [2.45, 2.75) is 58.8 Å². The third-order valence-electron chi connectivity index (χ3n) is 2.24. The summed E-state index contributed by atoms with van der Waals surface area (Å²) in [5.41, 5.74) is 0. The molecule has 0 saturated carbocycles. The number of rotatable bonds is 9. The van der Waals surface area contributed by atoms with E-state index in [1.807, 2.05) is 6.92 Å². The van der Waals surface area contributed by atoms with E-state index in [1.54, 1.807) is 0 Å². The molecule has 3 nitrogen and oxygen atoms in total. The zero-order valence-corrected chi connectivity index (χ0v) is 10.2. The van der Waals surface area contributed by atoms with E-state index in [1.165, 1.54) is 32.1 Å². The third kappa shape index (κ3) is 11.2. The summed E-state index contributed by atoms with van der Waals surface area (Å²) in [6, 6.07) is 0. The van der Waals surface area contributed by atoms with Crippen LogP contribution in [0.15, 0.2) is 0 Å². The minimum absolute atomic E-state index is 0.273. The van der Waals surface area contributed by atoms with Crippen LogP contribution in [0.2, 0.25) is 0 Å². The first-order valence-corrected chi connectivity index (χ1v) is 6.21. The maximum atomic E-state index is 11.0. The third-order valence-corrected chi connectivity index (χ3v) is 2.24. The highest BCUT2D eigenvalue weighted by molar-refractivity contribution is 5.66. The summed E-state index contributed by atoms with van der Waals surface area (Å²) in [6.45, 7) is 5.46. The molecule has 0 rings (SSSR count). The van der Waals surface area contributed by atoms with E-state index < -0.39 is 0 Å². The van der Waals surface area contributed by atoms with E-state index in [4.69, 9.17) is 4.74 Å². The fourth-order valence-corrected chi connectivity index (χ4v) is 1.34. The lowest BCUT2D eigenvalue weighted by Crippen LogP contribution is -2.25. The zero-order chi connectivity index (χ0) is 11.4. The van der Waals surface area contributed by atoms with Gasteiger partial charge in [-0.05, 0) is 12.8 Å². The molecule has 0 radical (unpaired) electrons. The summed E-state index contributed by atoms with van der Waals surface area (Å²) in [4.78, 5) is 11.0. The normalized spacial score (nSPS) is 10.0. The molecule has 3 heteroatoms. The molecule has 0 aliphatic carbocycles. The molecule has 0 bridgehead atoms. The van der Waals surface area contributed by atoms with Crippen molar-refractivity contribution >= 4 is 6.09 Å². The summed E-state index contributed by atoms with van der Waals surface area (Å²) < 4.78 is 4.89. The quantitative estimate of drug-likeness (QED) is 0.598. The van der Waals surface area contributed by atoms with Crippen molar-refractivity contribution in [2.24, 2.45) is 0 Å². The van der Waals surface area contributed by atoms with Gasteiger partial charge in [0.15, 0.2) is 0 Å². The van der Waals surface area contributed by atoms with Crippen LogP contribution in [0, 0.1) is 0 Å². The lowest BCUT2D eigenvalue weighted by molar-refractivity contribution is 0.146. The standard InChI is InChI=1S/C12H25NO2/c1-3-5-6-7-8-9-10-13-12(14)15-11-4-2/h3-11H2,1-2H3,(H,13,14). The molecular weight excluding hydrogens is 190 g/mol. The Morgan fingerprint density at radius 2 is 1.67 bits per heavy atom. The Kier molecular flexibility index (Phi) is 10.8. The van der Waals surface area contributed by atoms with Gasteiger partial charge in [-0.1, -0.05) is 46.0 Å². The summed E-state index contributed by atoms with van der Waals surface area (Å²) in [5.74, 6) is 0. The highest BCUT2D eigenvalue weighted by atomic mass is 16.5. The number of ether oxygens (including phenoxy) is 1. The van der Waals surface area contributed by atoms with E-state index in [0.29, 0.717) is 6.61 Å². The van der Waals surface area contributed by atoms with Gasteiger partial charge in [-0.3, -0.25) is 0 Å². The Balaban J connectivity index is 3.06. The van der Waals surface area contributed by atoms with Gasteiger partial charge < -0.3 is 10.1 Å². The minimum atomic E-state index is -0.273. The second kappa shape index (κ2) is 11.3. The van der Waals surface area contributed by atoms with Crippen molar-refractivity contribution in [3.8, 4) is 0 Å². The number of carbonyl (C=O) groups excluding carboxylic acids is 1. The van der Waals surface area contributed by atoms with Gasteiger partial charge in [-0.15, -0.1) is 0 Å². The van der Waals surface area contributed by atoms with Gasteiger partial charge >= 0.3 is 6.09 Å². The molecule has 15 heavy (non-hydrogen) atoms. The van der Waals surface area contributed by atoms with Crippen LogP contribution in [-0.4, -0.2) is 19.2 Å². The zero-order valence-electron chi connectivity index (χ0n) is 10.2. The van der Waals surface area contributed by atoms with Gasteiger partial charge in [0.2, 0.25) is 0 Å². The van der Waals surface area contributed by atoms with Crippen LogP contribution in [-0.2, 0) is 4.74 Å². The largest absolute Gasteiger partial charge is 0.450 e. The highest BCUT2D eigenvalue weighted by Gasteiger charge is 1.98. The molecule has 0 atom stereocenters. The minimum Gasteiger partial charge on any atom is -0.450 e. The highest BCUT2D eigenvalue weighted by Crippen LogP contribution is 2.03. The lowest BCUT2D eigenvalue weighted by atomic mass is 10.1. The molecular formula is C12H25NO2. The van der Waals surface area contributed by atoms with Crippen LogP contribution in [0.3, 0.4) is 0 Å². The number of hydrogen-bond acceptors (Lipinski definition) is 2. The van der Waals surface area contributed by atoms with Crippen molar-refractivity contribution in [3.63, 3.8) is 0 Å². The fourth-order valence-electron chi connectivity index (χ4n) is 1.34. The number of carbonyl (C=O) groups is 1. The monoisotopic (exact) mass is 215 g/mol. The van der Waals surface area contributed by atoms with Crippen molar-refractivity contribution < 1.29 is 9.53 Å². The van der Waals surface area contributed by atoms with Crippen molar-refractivity contribution in [2.75, 3.05) is 13.2 Å². The number of unbranched alkanes of at least 4 members (excludes halogenated alkanes) is 5. The second-order valence-electron chi connectivity index (χ2n) is 3.83. The molecule has 0 aromatic carbocycles. The Morgan fingerprint density at radius 1 is 1.00 bits per heavy atom. The van der Waals surface area contributed by atoms with Gasteiger partial charge in [0.1, 0.15) is 0 Å². The Hall–Kier alpha value is -0.730. The predicted octanol–water partition coefficient (Wildman–Crippen LogP) is 3.48. The van der Waals surface area contributed by atoms with Gasteiger partial charge in [-0.25, -0.2) is 4.79 Å². The van der Waals surface area contributed by atoms with Crippen LogP contribution in [0.4, 0.5) is 4.79 Å². The smallest absolute Gasteiger partial charge is 0.407 e. The van der Waals surface area contributed by atoms with E-state index in [9.17, 15) is 4.79 Å². The number of amides is 1. The first-order chi connectivity index (χ1) is 7.31. The van der Waals surface area contributed by atoms with Crippen molar-refractivity contribution in [1.29, 1.82) is 0 Å². The van der Waals surface area contributed by atoms with Crippen LogP contribution in [0.25, 0.3) is 0 Å². The first kappa shape index (κ1) is 14.3. The average Bonchev–Trinajstić information content (AvgIpc) is 2.25. The SMILES string of the molecule is CCCCCCCCNC(=O)OCCC. The van der Waals surface area contributed by atoms with Gasteiger partial charge in [0, 0.05) is 6.54 Å². The van der Waals surface area contributed by atoms with Gasteiger partial charge in [0.05, 0.1) is 6.61 Å². The van der Waals surface area contributed by atoms with Gasteiger partial charge in [-0.2, -0.15) is 0 Å². The second-order valence-corrected chi connectivity index (χ2v) is 3.83. The van der Waals surface area contributed by atoms with E-state index >= 15 is 0 Å². The molecule has 90 valence electrons. The number of alkyl carbamates (subject to hydrolysis) is 1. The molecule has 1 N–H and O–H groups in total. The summed E-state index contributed by atoms with van der Waals surface area (Å²) in [6.07, 6.45) is 8.07. The molecule has 0 unspecified atom stereocenters. The summed E-state index contributed by atoms with van der Waals surface area (Å²) >= 11 is 0. The Bertz CT molecular complexity index is 149. The molecule has 0 aliphatic heterocycles. The first-order valence-electron chi connectivity index (χ1n) is 6.21. The average molecular weight is 215 g/mol. The summed E-state index contributed by atoms with van der Waals surface area (Å²) in [7, 11) is 0. The molecule has 1 amide bonds. The van der Waals surface area contributed by atoms with Gasteiger partial charge in [0.25, 0.3) is 0 Å². The molecule has 0 aromatic heterocycles. The molecule has 0 aliphatic rings. The van der Waals surface area contributed by atoms with Crippen molar-refractivity contribution in [3.05, 3.63) is 0 Å². The molecule has 0 saturated heterocycles. The van der Waals surface area contributed by atoms with Crippen molar-refractivity contribution in [1.82, 2.24) is 5.32 Å². The molecule has 0 fully saturated rings. The van der Waals surface area contributed by atoms with Crippen LogP contribution < -0.4 is 5.32 Å². The molecule has 0 heterocycles. The van der Waals surface area contributed by atoms with E-state index in [2.05, 4.69) is 12.2 Å². The molecule has 0 spiro atoms. The Labute approximate surface area is 93.6 Å². The number of nitrogens with one attached hydrogen (secondary N) is 1. The van der Waals surface area contributed by atoms with Crippen LogP contribution in [0.5, 0.6) is 0 Å². The summed E-state index contributed by atoms with van der Waals surface area (Å²) in [5, 5.41) is 2.75. The topological polar surface area (TPSA) is 38.3 Å². The van der Waals surface area contributed by atoms with Crippen LogP contribution >= 0.6 is 0 Å². The lowest BCUT2D eigenvalue weighted by Gasteiger charge is -2.05. The van der Waals surface area contributed by atoms with E-state index in [-0.39, 0.29) is 6.09 Å². The van der Waals surface area contributed by atoms with E-state index in [0.717, 1.165) is 19.4 Å². The maximum Gasteiger partial charge on any atom is 0.407 e. The van der Waals surface area contributed by atoms with Crippen LogP contribution in [0.1, 0.15) is 58.8 Å². The number of hydrogen-bond donors (Lipinski definition) is 1. The molecule has 0 aromatic rings. The predicted molar refractivity (Wildman–Crippen MR) is 63.0 cm³/mol. The Morgan fingerprint density at radius 3 is 2.33 bits per heavy atom. The fraction of sp³-hybridized carbons (Fsp3) is 0.917.